The third-order valence-corrected chi connectivity index (χ3v) is 3.15. The summed E-state index contributed by atoms with van der Waals surface area (Å²) in [5.41, 5.74) is 5.41. The minimum absolute atomic E-state index is 0.00646. The summed E-state index contributed by atoms with van der Waals surface area (Å²) in [5, 5.41) is 3.07. The van der Waals surface area contributed by atoms with Crippen molar-refractivity contribution < 1.29 is 4.79 Å². The summed E-state index contributed by atoms with van der Waals surface area (Å²) in [5.74, 6) is 0.421. The van der Waals surface area contributed by atoms with E-state index < -0.39 is 0 Å². The zero-order valence-electron chi connectivity index (χ0n) is 6.53. The molecule has 0 bridgehead atoms. The molecule has 0 aliphatic heterocycles. The zero-order chi connectivity index (χ0) is 8.97. The largest absolute Gasteiger partial charge is 0.375 e. The number of thiazole rings is 1. The fourth-order valence-corrected chi connectivity index (χ4v) is 2.18. The molecule has 66 valence electrons. The molecule has 1 aromatic heterocycles. The third-order valence-electron chi connectivity index (χ3n) is 1.13. The molecular formula is C6H9N3OS2. The molecule has 3 N–H and O–H groups in total. The first kappa shape index (κ1) is 9.34. The minimum atomic E-state index is 0.00646. The summed E-state index contributed by atoms with van der Waals surface area (Å²) < 4.78 is 0.969. The lowest BCUT2D eigenvalue weighted by Gasteiger charge is -1.95. The Morgan fingerprint density at radius 1 is 1.92 bits per heavy atom. The van der Waals surface area contributed by atoms with E-state index in [2.05, 4.69) is 10.3 Å². The SMILES string of the molecule is CNC(=O)CSc1cnc(N)s1. The van der Waals surface area contributed by atoms with Crippen LogP contribution in [0.5, 0.6) is 0 Å². The number of nitrogens with zero attached hydrogens (tertiary/aromatic N) is 1. The Kier molecular flexibility index (Phi) is 3.36. The standard InChI is InChI=1S/C6H9N3OS2/c1-8-4(10)3-11-5-2-9-6(7)12-5/h2H,3H2,1H3,(H2,7,9)(H,8,10). The number of carbonyl (C=O) groups excluding carboxylic acids is 1. The first-order valence-electron chi connectivity index (χ1n) is 3.27. The molecule has 0 aliphatic rings. The second-order valence-corrected chi connectivity index (χ2v) is 4.32. The summed E-state index contributed by atoms with van der Waals surface area (Å²) in [6, 6.07) is 0. The van der Waals surface area contributed by atoms with Gasteiger partial charge in [0.25, 0.3) is 0 Å². The van der Waals surface area contributed by atoms with Crippen molar-refractivity contribution in [3.05, 3.63) is 6.20 Å². The summed E-state index contributed by atoms with van der Waals surface area (Å²) in [6.45, 7) is 0. The van der Waals surface area contributed by atoms with Gasteiger partial charge in [0.15, 0.2) is 5.13 Å². The van der Waals surface area contributed by atoms with Crippen molar-refractivity contribution in [1.29, 1.82) is 0 Å². The first-order chi connectivity index (χ1) is 5.72. The lowest BCUT2D eigenvalue weighted by Crippen LogP contribution is -2.19. The normalized spacial score (nSPS) is 9.75. The quantitative estimate of drug-likeness (QED) is 0.704. The van der Waals surface area contributed by atoms with Crippen LogP contribution in [0.15, 0.2) is 10.4 Å². The molecule has 1 amide bonds. The molecule has 4 nitrogen and oxygen atoms in total. The van der Waals surface area contributed by atoms with Crippen LogP contribution in [0, 0.1) is 0 Å². The van der Waals surface area contributed by atoms with Gasteiger partial charge in [-0.25, -0.2) is 4.98 Å². The summed E-state index contributed by atoms with van der Waals surface area (Å²) >= 11 is 2.83. The van der Waals surface area contributed by atoms with Gasteiger partial charge in [0.1, 0.15) is 0 Å². The average molecular weight is 203 g/mol. The van der Waals surface area contributed by atoms with Crippen LogP contribution in [-0.2, 0) is 4.79 Å². The maximum Gasteiger partial charge on any atom is 0.230 e. The van der Waals surface area contributed by atoms with Gasteiger partial charge in [0.05, 0.1) is 16.2 Å². The topological polar surface area (TPSA) is 68.0 Å². The predicted molar refractivity (Wildman–Crippen MR) is 51.3 cm³/mol. The van der Waals surface area contributed by atoms with Crippen LogP contribution in [0.4, 0.5) is 5.13 Å². The van der Waals surface area contributed by atoms with E-state index in [9.17, 15) is 4.79 Å². The molecule has 0 aromatic carbocycles. The van der Waals surface area contributed by atoms with Crippen LogP contribution in [-0.4, -0.2) is 23.7 Å². The fourth-order valence-electron chi connectivity index (χ4n) is 0.548. The maximum absolute atomic E-state index is 10.8. The van der Waals surface area contributed by atoms with Crippen molar-refractivity contribution in [2.45, 2.75) is 4.21 Å². The number of aromatic nitrogens is 1. The van der Waals surface area contributed by atoms with E-state index >= 15 is 0 Å². The smallest absolute Gasteiger partial charge is 0.230 e. The van der Waals surface area contributed by atoms with Gasteiger partial charge >= 0.3 is 0 Å². The highest BCUT2D eigenvalue weighted by Gasteiger charge is 2.02. The number of rotatable bonds is 3. The Bertz CT molecular complexity index is 274. The van der Waals surface area contributed by atoms with Gasteiger partial charge in [0.2, 0.25) is 5.91 Å². The van der Waals surface area contributed by atoms with E-state index in [1.54, 1.807) is 13.2 Å². The number of hydrogen-bond acceptors (Lipinski definition) is 5. The number of amides is 1. The fraction of sp³-hybridized carbons (Fsp3) is 0.333. The van der Waals surface area contributed by atoms with Crippen molar-refractivity contribution >= 4 is 34.1 Å². The molecule has 0 aliphatic carbocycles. The number of nitrogens with one attached hydrogen (secondary N) is 1. The van der Waals surface area contributed by atoms with Gasteiger partial charge < -0.3 is 11.1 Å². The van der Waals surface area contributed by atoms with Crippen molar-refractivity contribution in [3.63, 3.8) is 0 Å². The van der Waals surface area contributed by atoms with E-state index in [1.165, 1.54) is 23.1 Å². The molecule has 0 saturated heterocycles. The molecular weight excluding hydrogens is 194 g/mol. The van der Waals surface area contributed by atoms with Crippen molar-refractivity contribution in [3.8, 4) is 0 Å². The lowest BCUT2D eigenvalue weighted by atomic mass is 10.7. The highest BCUT2D eigenvalue weighted by molar-refractivity contribution is 8.01. The van der Waals surface area contributed by atoms with E-state index in [0.717, 1.165) is 4.21 Å². The van der Waals surface area contributed by atoms with Gasteiger partial charge in [-0.2, -0.15) is 0 Å². The van der Waals surface area contributed by atoms with E-state index in [4.69, 9.17) is 5.73 Å². The third kappa shape index (κ3) is 2.71. The second-order valence-electron chi connectivity index (χ2n) is 1.98. The Morgan fingerprint density at radius 3 is 3.17 bits per heavy atom. The Labute approximate surface area is 78.6 Å². The van der Waals surface area contributed by atoms with Gasteiger partial charge in [0, 0.05) is 7.05 Å². The monoisotopic (exact) mass is 203 g/mol. The molecule has 0 atom stereocenters. The molecule has 0 saturated carbocycles. The highest BCUT2D eigenvalue weighted by atomic mass is 32.2. The molecule has 0 radical (unpaired) electrons. The van der Waals surface area contributed by atoms with Gasteiger partial charge in [-0.05, 0) is 0 Å². The number of anilines is 1. The number of nitrogen functional groups attached to an aromatic ring is 1. The second kappa shape index (κ2) is 4.32. The highest BCUT2D eigenvalue weighted by Crippen LogP contribution is 2.25. The van der Waals surface area contributed by atoms with Gasteiger partial charge in [-0.1, -0.05) is 11.3 Å². The zero-order valence-corrected chi connectivity index (χ0v) is 8.17. The minimum Gasteiger partial charge on any atom is -0.375 e. The van der Waals surface area contributed by atoms with Crippen molar-refractivity contribution in [2.75, 3.05) is 18.5 Å². The molecule has 0 spiro atoms. The predicted octanol–water partition coefficient (Wildman–Crippen LogP) is 0.563. The number of nitrogens with two attached hydrogens (primary N) is 1. The summed E-state index contributed by atoms with van der Waals surface area (Å²) in [7, 11) is 1.62. The van der Waals surface area contributed by atoms with Crippen LogP contribution >= 0.6 is 23.1 Å². The van der Waals surface area contributed by atoms with Crippen LogP contribution in [0.3, 0.4) is 0 Å². The molecule has 0 unspecified atom stereocenters. The van der Waals surface area contributed by atoms with Gasteiger partial charge in [-0.3, -0.25) is 4.79 Å². The number of thioether (sulfide) groups is 1. The molecule has 1 heterocycles. The van der Waals surface area contributed by atoms with E-state index in [-0.39, 0.29) is 5.91 Å². The van der Waals surface area contributed by atoms with Crippen LogP contribution in [0.25, 0.3) is 0 Å². The van der Waals surface area contributed by atoms with Crippen LogP contribution < -0.4 is 11.1 Å². The molecule has 6 heteroatoms. The molecule has 0 fully saturated rings. The van der Waals surface area contributed by atoms with E-state index in [0.29, 0.717) is 10.9 Å². The molecule has 1 rings (SSSR count). The summed E-state index contributed by atoms with van der Waals surface area (Å²) in [6.07, 6.45) is 1.67. The average Bonchev–Trinajstić information content (AvgIpc) is 2.47. The van der Waals surface area contributed by atoms with Crippen LogP contribution in [0.1, 0.15) is 0 Å². The number of hydrogen-bond donors (Lipinski definition) is 2. The molecule has 12 heavy (non-hydrogen) atoms. The molecule has 1 aromatic rings. The Hall–Kier alpha value is -0.750. The first-order valence-corrected chi connectivity index (χ1v) is 5.07. The maximum atomic E-state index is 10.8. The number of carbonyl (C=O) groups is 1. The van der Waals surface area contributed by atoms with E-state index in [1.807, 2.05) is 0 Å². The lowest BCUT2D eigenvalue weighted by molar-refractivity contribution is -0.118. The van der Waals surface area contributed by atoms with Crippen molar-refractivity contribution in [2.24, 2.45) is 0 Å². The summed E-state index contributed by atoms with van der Waals surface area (Å²) in [4.78, 5) is 14.7. The van der Waals surface area contributed by atoms with Crippen molar-refractivity contribution in [1.82, 2.24) is 10.3 Å². The Balaban J connectivity index is 2.38. The Morgan fingerprint density at radius 2 is 2.67 bits per heavy atom. The van der Waals surface area contributed by atoms with Crippen LogP contribution in [0.2, 0.25) is 0 Å². The van der Waals surface area contributed by atoms with Gasteiger partial charge in [-0.15, -0.1) is 11.8 Å².